The lowest BCUT2D eigenvalue weighted by molar-refractivity contribution is 0.598. The van der Waals surface area contributed by atoms with Crippen molar-refractivity contribution in [3.05, 3.63) is 34.8 Å². The number of nitrogens with one attached hydrogen (secondary N) is 1. The van der Waals surface area contributed by atoms with Crippen molar-refractivity contribution < 1.29 is 8.42 Å². The van der Waals surface area contributed by atoms with Crippen molar-refractivity contribution >= 4 is 32.7 Å². The molecule has 1 aromatic carbocycles. The second kappa shape index (κ2) is 5.55. The van der Waals surface area contributed by atoms with Gasteiger partial charge in [-0.3, -0.25) is 0 Å². The van der Waals surface area contributed by atoms with Crippen LogP contribution in [0.5, 0.6) is 0 Å². The lowest BCUT2D eigenvalue weighted by atomic mass is 10.2. The number of hydrogen-bond acceptors (Lipinski definition) is 6. The molecule has 1 aromatic heterocycles. The number of sulfonamides is 1. The molecule has 0 aliphatic carbocycles. The molecule has 0 atom stereocenters. The average Bonchev–Trinajstić information content (AvgIpc) is 2.80. The average molecular weight is 298 g/mol. The standard InChI is InChI=1S/C11H14N4O2S2/c12-10-5-8(1-2-11(10)19(13,16)17)14-4-3-9-6-18-7-15-9/h1-2,5-7,14H,3-4,12H2,(H2,13,16,17). The van der Waals surface area contributed by atoms with Crippen LogP contribution in [0.15, 0.2) is 34.0 Å². The van der Waals surface area contributed by atoms with Crippen LogP contribution in [0.4, 0.5) is 11.4 Å². The van der Waals surface area contributed by atoms with Crippen molar-refractivity contribution in [1.29, 1.82) is 0 Å². The summed E-state index contributed by atoms with van der Waals surface area (Å²) >= 11 is 1.55. The van der Waals surface area contributed by atoms with Gasteiger partial charge < -0.3 is 11.1 Å². The van der Waals surface area contributed by atoms with E-state index < -0.39 is 10.0 Å². The molecule has 0 spiro atoms. The molecule has 2 rings (SSSR count). The van der Waals surface area contributed by atoms with Crippen LogP contribution in [-0.4, -0.2) is 19.9 Å². The van der Waals surface area contributed by atoms with Gasteiger partial charge in [-0.25, -0.2) is 18.5 Å². The number of nitrogens with zero attached hydrogens (tertiary/aromatic N) is 1. The summed E-state index contributed by atoms with van der Waals surface area (Å²) in [5.74, 6) is 0. The number of benzene rings is 1. The van der Waals surface area contributed by atoms with Crippen LogP contribution >= 0.6 is 11.3 Å². The van der Waals surface area contributed by atoms with Crippen LogP contribution in [0.2, 0.25) is 0 Å². The van der Waals surface area contributed by atoms with Crippen molar-refractivity contribution in [3.8, 4) is 0 Å². The molecule has 19 heavy (non-hydrogen) atoms. The highest BCUT2D eigenvalue weighted by Crippen LogP contribution is 2.21. The van der Waals surface area contributed by atoms with Gasteiger partial charge in [0.1, 0.15) is 4.90 Å². The van der Waals surface area contributed by atoms with Crippen molar-refractivity contribution in [3.63, 3.8) is 0 Å². The van der Waals surface area contributed by atoms with Gasteiger partial charge in [0.05, 0.1) is 16.9 Å². The Labute approximate surface area is 115 Å². The first kappa shape index (κ1) is 13.8. The number of thiazole rings is 1. The van der Waals surface area contributed by atoms with E-state index in [4.69, 9.17) is 10.9 Å². The molecule has 0 radical (unpaired) electrons. The fraction of sp³-hybridized carbons (Fsp3) is 0.182. The largest absolute Gasteiger partial charge is 0.398 e. The number of primary sulfonamides is 1. The first-order valence-electron chi connectivity index (χ1n) is 5.50. The van der Waals surface area contributed by atoms with Crippen molar-refractivity contribution in [2.75, 3.05) is 17.6 Å². The highest BCUT2D eigenvalue weighted by atomic mass is 32.2. The monoisotopic (exact) mass is 298 g/mol. The lowest BCUT2D eigenvalue weighted by Crippen LogP contribution is -2.14. The van der Waals surface area contributed by atoms with Crippen LogP contribution in [-0.2, 0) is 16.4 Å². The molecule has 0 bridgehead atoms. The summed E-state index contributed by atoms with van der Waals surface area (Å²) in [6, 6.07) is 4.59. The summed E-state index contributed by atoms with van der Waals surface area (Å²) < 4.78 is 22.4. The van der Waals surface area contributed by atoms with Gasteiger partial charge in [-0.15, -0.1) is 11.3 Å². The zero-order valence-electron chi connectivity index (χ0n) is 10.0. The zero-order chi connectivity index (χ0) is 13.9. The molecular weight excluding hydrogens is 284 g/mol. The predicted molar refractivity (Wildman–Crippen MR) is 76.5 cm³/mol. The SMILES string of the molecule is Nc1cc(NCCc2cscn2)ccc1S(N)(=O)=O. The van der Waals surface area contributed by atoms with Gasteiger partial charge in [-0.05, 0) is 18.2 Å². The molecule has 0 saturated carbocycles. The van der Waals surface area contributed by atoms with Crippen molar-refractivity contribution in [2.24, 2.45) is 5.14 Å². The van der Waals surface area contributed by atoms with E-state index in [-0.39, 0.29) is 10.6 Å². The second-order valence-corrected chi connectivity index (χ2v) is 6.20. The molecule has 0 saturated heterocycles. The van der Waals surface area contributed by atoms with E-state index in [1.807, 2.05) is 5.38 Å². The molecule has 0 fully saturated rings. The van der Waals surface area contributed by atoms with E-state index >= 15 is 0 Å². The van der Waals surface area contributed by atoms with Gasteiger partial charge in [-0.1, -0.05) is 0 Å². The van der Waals surface area contributed by atoms with Crippen molar-refractivity contribution in [1.82, 2.24) is 4.98 Å². The Bertz CT molecular complexity index is 653. The third-order valence-corrected chi connectivity index (χ3v) is 4.13. The van der Waals surface area contributed by atoms with Gasteiger partial charge in [-0.2, -0.15) is 0 Å². The highest BCUT2D eigenvalue weighted by Gasteiger charge is 2.12. The molecule has 2 aromatic rings. The first-order valence-corrected chi connectivity index (χ1v) is 7.99. The Morgan fingerprint density at radius 2 is 2.16 bits per heavy atom. The molecular formula is C11H14N4O2S2. The number of aromatic nitrogens is 1. The summed E-state index contributed by atoms with van der Waals surface area (Å²) in [5.41, 5.74) is 9.36. The third kappa shape index (κ3) is 3.66. The fourth-order valence-electron chi connectivity index (χ4n) is 1.61. The maximum Gasteiger partial charge on any atom is 0.240 e. The van der Waals surface area contributed by atoms with E-state index in [1.54, 1.807) is 29.0 Å². The third-order valence-electron chi connectivity index (χ3n) is 2.51. The summed E-state index contributed by atoms with van der Waals surface area (Å²) in [6.45, 7) is 0.692. The van der Waals surface area contributed by atoms with Crippen LogP contribution in [0.25, 0.3) is 0 Å². The molecule has 0 amide bonds. The maximum absolute atomic E-state index is 11.2. The molecule has 0 unspecified atom stereocenters. The minimum atomic E-state index is -3.77. The maximum atomic E-state index is 11.2. The molecule has 1 heterocycles. The van der Waals surface area contributed by atoms with Crippen LogP contribution in [0.1, 0.15) is 5.69 Å². The van der Waals surface area contributed by atoms with E-state index in [0.717, 1.165) is 17.8 Å². The lowest BCUT2D eigenvalue weighted by Gasteiger charge is -2.08. The van der Waals surface area contributed by atoms with E-state index in [9.17, 15) is 8.42 Å². The van der Waals surface area contributed by atoms with E-state index in [2.05, 4.69) is 10.3 Å². The number of hydrogen-bond donors (Lipinski definition) is 3. The Morgan fingerprint density at radius 1 is 1.37 bits per heavy atom. The molecule has 6 nitrogen and oxygen atoms in total. The Balaban J connectivity index is 2.00. The summed E-state index contributed by atoms with van der Waals surface area (Å²) in [5, 5.41) is 10.2. The highest BCUT2D eigenvalue weighted by molar-refractivity contribution is 7.89. The van der Waals surface area contributed by atoms with Gasteiger partial charge in [0, 0.05) is 24.0 Å². The number of nitrogens with two attached hydrogens (primary N) is 2. The molecule has 0 aliphatic rings. The number of rotatable bonds is 5. The normalized spacial score (nSPS) is 11.4. The summed E-state index contributed by atoms with van der Waals surface area (Å²) in [7, 11) is -3.77. The topological polar surface area (TPSA) is 111 Å². The quantitative estimate of drug-likeness (QED) is 0.714. The second-order valence-electron chi connectivity index (χ2n) is 3.95. The Hall–Kier alpha value is -1.64. The van der Waals surface area contributed by atoms with Gasteiger partial charge in [0.15, 0.2) is 0 Å². The fourth-order valence-corrected chi connectivity index (χ4v) is 2.85. The summed E-state index contributed by atoms with van der Waals surface area (Å²) in [6.07, 6.45) is 0.792. The molecule has 0 aliphatic heterocycles. The van der Waals surface area contributed by atoms with Gasteiger partial charge in [0.25, 0.3) is 0 Å². The Kier molecular flexibility index (Phi) is 4.03. The molecule has 5 N–H and O–H groups in total. The van der Waals surface area contributed by atoms with Crippen LogP contribution in [0.3, 0.4) is 0 Å². The Morgan fingerprint density at radius 3 is 2.74 bits per heavy atom. The van der Waals surface area contributed by atoms with Gasteiger partial charge >= 0.3 is 0 Å². The van der Waals surface area contributed by atoms with Gasteiger partial charge in [0.2, 0.25) is 10.0 Å². The van der Waals surface area contributed by atoms with E-state index in [0.29, 0.717) is 6.54 Å². The molecule has 8 heteroatoms. The first-order chi connectivity index (χ1) is 8.97. The predicted octanol–water partition coefficient (Wildman–Crippen LogP) is 1.03. The van der Waals surface area contributed by atoms with Crippen LogP contribution < -0.4 is 16.2 Å². The minimum Gasteiger partial charge on any atom is -0.398 e. The zero-order valence-corrected chi connectivity index (χ0v) is 11.7. The van der Waals surface area contributed by atoms with Crippen LogP contribution in [0, 0.1) is 0 Å². The summed E-state index contributed by atoms with van der Waals surface area (Å²) in [4.78, 5) is 4.11. The van der Waals surface area contributed by atoms with E-state index in [1.165, 1.54) is 6.07 Å². The molecule has 102 valence electrons. The van der Waals surface area contributed by atoms with Crippen molar-refractivity contribution in [2.45, 2.75) is 11.3 Å². The smallest absolute Gasteiger partial charge is 0.240 e. The number of anilines is 2. The number of nitrogen functional groups attached to an aromatic ring is 1. The minimum absolute atomic E-state index is 0.0578.